The van der Waals surface area contributed by atoms with E-state index in [1.54, 1.807) is 24.3 Å². The van der Waals surface area contributed by atoms with E-state index in [9.17, 15) is 9.59 Å². The van der Waals surface area contributed by atoms with Crippen molar-refractivity contribution >= 4 is 29.6 Å². The van der Waals surface area contributed by atoms with Crippen LogP contribution >= 0.6 is 11.6 Å². The predicted octanol–water partition coefficient (Wildman–Crippen LogP) is 2.98. The van der Waals surface area contributed by atoms with Crippen LogP contribution in [0.15, 0.2) is 42.5 Å². The van der Waals surface area contributed by atoms with Crippen molar-refractivity contribution < 1.29 is 14.3 Å². The van der Waals surface area contributed by atoms with Gasteiger partial charge in [0.05, 0.1) is 7.11 Å². The van der Waals surface area contributed by atoms with Crippen LogP contribution in [-0.4, -0.2) is 25.5 Å². The molecule has 1 rings (SSSR count). The van der Waals surface area contributed by atoms with E-state index in [1.165, 1.54) is 13.2 Å². The molecule has 0 radical (unpaired) electrons. The number of carbonyl (C=O) groups is 2. The maximum absolute atomic E-state index is 11.4. The van der Waals surface area contributed by atoms with Gasteiger partial charge in [0.1, 0.15) is 0 Å². The van der Waals surface area contributed by atoms with Crippen molar-refractivity contribution in [3.05, 3.63) is 53.1 Å². The quantitative estimate of drug-likeness (QED) is 0.365. The van der Waals surface area contributed by atoms with E-state index in [0.29, 0.717) is 24.4 Å². The van der Waals surface area contributed by atoms with E-state index >= 15 is 0 Å². The number of amides is 1. The zero-order valence-corrected chi connectivity index (χ0v) is 12.6. The van der Waals surface area contributed by atoms with E-state index in [2.05, 4.69) is 10.1 Å². The Labute approximate surface area is 129 Å². The van der Waals surface area contributed by atoms with Gasteiger partial charge in [0.15, 0.2) is 0 Å². The van der Waals surface area contributed by atoms with Crippen LogP contribution in [0.3, 0.4) is 0 Å². The summed E-state index contributed by atoms with van der Waals surface area (Å²) >= 11 is 5.78. The van der Waals surface area contributed by atoms with Crippen molar-refractivity contribution in [3.8, 4) is 0 Å². The molecule has 0 heterocycles. The number of nitrogens with one attached hydrogen (secondary N) is 1. The van der Waals surface area contributed by atoms with Crippen molar-refractivity contribution in [3.63, 3.8) is 0 Å². The van der Waals surface area contributed by atoms with Gasteiger partial charge in [-0.3, -0.25) is 9.59 Å². The number of carbonyl (C=O) groups excluding carboxylic acids is 2. The third-order valence-corrected chi connectivity index (χ3v) is 2.85. The van der Waals surface area contributed by atoms with Gasteiger partial charge in [-0.15, -0.1) is 0 Å². The summed E-state index contributed by atoms with van der Waals surface area (Å²) in [6, 6.07) is 7.39. The Morgan fingerprint density at radius 3 is 2.62 bits per heavy atom. The number of ether oxygens (including phenoxy) is 1. The first-order valence-electron chi connectivity index (χ1n) is 6.57. The summed E-state index contributed by atoms with van der Waals surface area (Å²) in [5.41, 5.74) is 1.00. The minimum absolute atomic E-state index is 0.194. The Kier molecular flexibility index (Phi) is 7.90. The second-order valence-electron chi connectivity index (χ2n) is 4.24. The number of methoxy groups -OCH3 is 1. The van der Waals surface area contributed by atoms with Crippen LogP contribution < -0.4 is 5.32 Å². The van der Waals surface area contributed by atoms with Gasteiger partial charge in [0, 0.05) is 24.1 Å². The first kappa shape index (κ1) is 17.0. The Bertz CT molecular complexity index is 521. The van der Waals surface area contributed by atoms with E-state index in [4.69, 9.17) is 11.6 Å². The van der Waals surface area contributed by atoms with Crippen molar-refractivity contribution in [1.82, 2.24) is 5.32 Å². The van der Waals surface area contributed by atoms with Gasteiger partial charge in [-0.25, -0.2) is 0 Å². The molecule has 1 aromatic carbocycles. The molecular formula is C16H18ClNO3. The monoisotopic (exact) mass is 307 g/mol. The van der Waals surface area contributed by atoms with Crippen LogP contribution in [0, 0.1) is 0 Å². The lowest BCUT2D eigenvalue weighted by Gasteiger charge is -2.00. The van der Waals surface area contributed by atoms with Gasteiger partial charge in [-0.2, -0.15) is 0 Å². The number of rotatable bonds is 7. The SMILES string of the molecule is COC(=O)CCCNC(=O)/C=C/C=C/c1ccc(Cl)cc1. The normalized spacial score (nSPS) is 11.0. The van der Waals surface area contributed by atoms with E-state index in [0.717, 1.165) is 5.56 Å². The molecule has 0 saturated carbocycles. The van der Waals surface area contributed by atoms with Crippen LogP contribution in [-0.2, 0) is 14.3 Å². The molecule has 0 bridgehead atoms. The Hall–Kier alpha value is -2.07. The van der Waals surface area contributed by atoms with Crippen LogP contribution in [0.25, 0.3) is 6.08 Å². The standard InChI is InChI=1S/C16H18ClNO3/c1-21-16(20)7-4-12-18-15(19)6-3-2-5-13-8-10-14(17)11-9-13/h2-3,5-6,8-11H,4,7,12H2,1H3,(H,18,19)/b5-2+,6-3+. The van der Waals surface area contributed by atoms with Crippen LogP contribution in [0.1, 0.15) is 18.4 Å². The molecule has 4 nitrogen and oxygen atoms in total. The summed E-state index contributed by atoms with van der Waals surface area (Å²) in [5.74, 6) is -0.466. The second kappa shape index (κ2) is 9.77. The number of hydrogen-bond acceptors (Lipinski definition) is 3. The van der Waals surface area contributed by atoms with Crippen LogP contribution in [0.2, 0.25) is 5.02 Å². The minimum atomic E-state index is -0.273. The van der Waals surface area contributed by atoms with E-state index in [1.807, 2.05) is 18.2 Å². The predicted molar refractivity (Wildman–Crippen MR) is 83.9 cm³/mol. The molecule has 0 unspecified atom stereocenters. The summed E-state index contributed by atoms with van der Waals surface area (Å²) in [6.07, 6.45) is 7.60. The molecule has 0 aromatic heterocycles. The number of esters is 1. The molecule has 21 heavy (non-hydrogen) atoms. The molecule has 112 valence electrons. The zero-order valence-electron chi connectivity index (χ0n) is 11.8. The largest absolute Gasteiger partial charge is 0.469 e. The van der Waals surface area contributed by atoms with Gasteiger partial charge < -0.3 is 10.1 Å². The average molecular weight is 308 g/mol. The summed E-state index contributed by atoms with van der Waals surface area (Å²) in [7, 11) is 1.34. The van der Waals surface area contributed by atoms with Gasteiger partial charge in [0.2, 0.25) is 5.91 Å². The van der Waals surface area contributed by atoms with Crippen molar-refractivity contribution in [2.45, 2.75) is 12.8 Å². The number of allylic oxidation sites excluding steroid dienone is 2. The van der Waals surface area contributed by atoms with Gasteiger partial charge in [-0.05, 0) is 24.1 Å². The van der Waals surface area contributed by atoms with E-state index in [-0.39, 0.29) is 11.9 Å². The summed E-state index contributed by atoms with van der Waals surface area (Å²) in [6.45, 7) is 0.444. The molecular weight excluding hydrogens is 290 g/mol. The van der Waals surface area contributed by atoms with Gasteiger partial charge in [0.25, 0.3) is 0 Å². The maximum atomic E-state index is 11.4. The molecule has 0 aliphatic carbocycles. The Morgan fingerprint density at radius 2 is 1.95 bits per heavy atom. The fourth-order valence-corrected chi connectivity index (χ4v) is 1.61. The molecule has 0 spiro atoms. The highest BCUT2D eigenvalue weighted by atomic mass is 35.5. The molecule has 1 amide bonds. The maximum Gasteiger partial charge on any atom is 0.305 e. The molecule has 0 saturated heterocycles. The van der Waals surface area contributed by atoms with E-state index < -0.39 is 0 Å². The highest BCUT2D eigenvalue weighted by Crippen LogP contribution is 2.10. The zero-order chi connectivity index (χ0) is 15.5. The topological polar surface area (TPSA) is 55.4 Å². The fraction of sp³-hybridized carbons (Fsp3) is 0.250. The fourth-order valence-electron chi connectivity index (χ4n) is 1.49. The van der Waals surface area contributed by atoms with Crippen molar-refractivity contribution in [2.75, 3.05) is 13.7 Å². The smallest absolute Gasteiger partial charge is 0.305 e. The molecule has 0 aliphatic heterocycles. The average Bonchev–Trinajstić information content (AvgIpc) is 2.49. The summed E-state index contributed by atoms with van der Waals surface area (Å²) < 4.78 is 4.50. The molecule has 0 aliphatic rings. The Morgan fingerprint density at radius 1 is 1.24 bits per heavy atom. The van der Waals surface area contributed by atoms with Crippen molar-refractivity contribution in [2.24, 2.45) is 0 Å². The first-order valence-corrected chi connectivity index (χ1v) is 6.94. The highest BCUT2D eigenvalue weighted by Gasteiger charge is 1.99. The molecule has 1 N–H and O–H groups in total. The number of hydrogen-bond donors (Lipinski definition) is 1. The molecule has 0 fully saturated rings. The second-order valence-corrected chi connectivity index (χ2v) is 4.68. The Balaban J connectivity index is 2.24. The third kappa shape index (κ3) is 7.95. The lowest BCUT2D eigenvalue weighted by atomic mass is 10.2. The van der Waals surface area contributed by atoms with Crippen LogP contribution in [0.4, 0.5) is 0 Å². The number of benzene rings is 1. The molecule has 5 heteroatoms. The minimum Gasteiger partial charge on any atom is -0.469 e. The first-order chi connectivity index (χ1) is 10.1. The summed E-state index contributed by atoms with van der Waals surface area (Å²) in [5, 5.41) is 3.37. The number of halogens is 1. The molecule has 0 atom stereocenters. The summed E-state index contributed by atoms with van der Waals surface area (Å²) in [4.78, 5) is 22.3. The van der Waals surface area contributed by atoms with Crippen LogP contribution in [0.5, 0.6) is 0 Å². The lowest BCUT2D eigenvalue weighted by Crippen LogP contribution is -2.22. The molecule has 1 aromatic rings. The highest BCUT2D eigenvalue weighted by molar-refractivity contribution is 6.30. The van der Waals surface area contributed by atoms with Gasteiger partial charge >= 0.3 is 5.97 Å². The van der Waals surface area contributed by atoms with Crippen molar-refractivity contribution in [1.29, 1.82) is 0 Å². The lowest BCUT2D eigenvalue weighted by molar-refractivity contribution is -0.140. The van der Waals surface area contributed by atoms with Gasteiger partial charge in [-0.1, -0.05) is 42.0 Å². The third-order valence-electron chi connectivity index (χ3n) is 2.60.